The van der Waals surface area contributed by atoms with Crippen LogP contribution in [0.4, 0.5) is 10.2 Å². The lowest BCUT2D eigenvalue weighted by molar-refractivity contribution is -0.124. The molecule has 33 heavy (non-hydrogen) atoms. The average Bonchev–Trinajstić information content (AvgIpc) is 3.44. The number of nitrogens with zero attached hydrogens (tertiary/aromatic N) is 3. The van der Waals surface area contributed by atoms with Crippen molar-refractivity contribution in [2.75, 3.05) is 5.32 Å². The van der Waals surface area contributed by atoms with E-state index in [4.69, 9.17) is 11.6 Å². The van der Waals surface area contributed by atoms with Gasteiger partial charge in [0.05, 0.1) is 12.2 Å². The van der Waals surface area contributed by atoms with Crippen LogP contribution in [0.1, 0.15) is 29.4 Å². The highest BCUT2D eigenvalue weighted by molar-refractivity contribution is 6.30. The molecule has 1 aromatic carbocycles. The summed E-state index contributed by atoms with van der Waals surface area (Å²) in [7, 11) is 0. The fourth-order valence-electron chi connectivity index (χ4n) is 4.13. The zero-order chi connectivity index (χ0) is 22.9. The van der Waals surface area contributed by atoms with E-state index >= 15 is 0 Å². The molecule has 0 spiro atoms. The Hall–Kier alpha value is -3.72. The van der Waals surface area contributed by atoms with E-state index in [9.17, 15) is 14.0 Å². The number of aromatic amines is 1. The van der Waals surface area contributed by atoms with Crippen molar-refractivity contribution in [2.45, 2.75) is 32.0 Å². The first kappa shape index (κ1) is 21.1. The number of hydrogen-bond donors (Lipinski definition) is 3. The van der Waals surface area contributed by atoms with Gasteiger partial charge >= 0.3 is 0 Å². The summed E-state index contributed by atoms with van der Waals surface area (Å²) in [6, 6.07) is 9.14. The van der Waals surface area contributed by atoms with Gasteiger partial charge in [0.1, 0.15) is 11.9 Å². The molecule has 0 fully saturated rings. The Morgan fingerprint density at radius 1 is 1.27 bits per heavy atom. The molecule has 0 aliphatic carbocycles. The quantitative estimate of drug-likeness (QED) is 0.404. The number of carbonyl (C=O) groups is 1. The van der Waals surface area contributed by atoms with E-state index in [1.807, 2.05) is 12.1 Å². The third-order valence-electron chi connectivity index (χ3n) is 5.71. The Morgan fingerprint density at radius 2 is 2.15 bits per heavy atom. The van der Waals surface area contributed by atoms with Crippen molar-refractivity contribution in [3.63, 3.8) is 0 Å². The SMILES string of the molecule is O=C(NCc1cc2cnccc2[nH]1)[C@@H]1CCc2c(Cl)nc(NCc3cccc(F)c3)c(=O)n21. The van der Waals surface area contributed by atoms with Crippen molar-refractivity contribution in [3.05, 3.63) is 87.1 Å². The van der Waals surface area contributed by atoms with E-state index < -0.39 is 11.6 Å². The van der Waals surface area contributed by atoms with Crippen LogP contribution in [0.25, 0.3) is 10.9 Å². The van der Waals surface area contributed by atoms with Gasteiger partial charge in [0.25, 0.3) is 5.56 Å². The molecule has 0 unspecified atom stereocenters. The Balaban J connectivity index is 1.33. The molecular formula is C23H20ClFN6O2. The highest BCUT2D eigenvalue weighted by Gasteiger charge is 2.32. The maximum absolute atomic E-state index is 13.4. The molecule has 4 heterocycles. The Bertz CT molecular complexity index is 1380. The predicted octanol–water partition coefficient (Wildman–Crippen LogP) is 3.33. The summed E-state index contributed by atoms with van der Waals surface area (Å²) < 4.78 is 14.8. The number of H-pyrrole nitrogens is 1. The number of nitrogens with one attached hydrogen (secondary N) is 3. The number of benzene rings is 1. The number of anilines is 1. The Morgan fingerprint density at radius 3 is 2.97 bits per heavy atom. The minimum Gasteiger partial charge on any atom is -0.361 e. The molecule has 1 aliphatic heterocycles. The van der Waals surface area contributed by atoms with Crippen molar-refractivity contribution in [1.29, 1.82) is 0 Å². The number of fused-ring (bicyclic) bond motifs is 2. The van der Waals surface area contributed by atoms with Crippen LogP contribution < -0.4 is 16.2 Å². The number of amides is 1. The smallest absolute Gasteiger partial charge is 0.294 e. The second-order valence-electron chi connectivity index (χ2n) is 7.89. The zero-order valence-corrected chi connectivity index (χ0v) is 18.2. The molecule has 0 saturated carbocycles. The van der Waals surface area contributed by atoms with Crippen LogP contribution in [0.15, 0.2) is 53.6 Å². The topological polar surface area (TPSA) is 105 Å². The van der Waals surface area contributed by atoms with Crippen molar-refractivity contribution < 1.29 is 9.18 Å². The summed E-state index contributed by atoms with van der Waals surface area (Å²) in [4.78, 5) is 37.6. The normalized spacial score (nSPS) is 14.9. The third kappa shape index (κ3) is 4.19. The molecule has 1 aliphatic rings. The number of hydrogen-bond acceptors (Lipinski definition) is 5. The van der Waals surface area contributed by atoms with Gasteiger partial charge in [0, 0.05) is 35.5 Å². The molecule has 0 bridgehead atoms. The van der Waals surface area contributed by atoms with Gasteiger partial charge in [0.2, 0.25) is 5.91 Å². The highest BCUT2D eigenvalue weighted by atomic mass is 35.5. The fraction of sp³-hybridized carbons (Fsp3) is 0.217. The summed E-state index contributed by atoms with van der Waals surface area (Å²) in [6.45, 7) is 0.485. The van der Waals surface area contributed by atoms with E-state index in [2.05, 4.69) is 25.6 Å². The van der Waals surface area contributed by atoms with E-state index in [-0.39, 0.29) is 35.8 Å². The minimum atomic E-state index is -0.686. The lowest BCUT2D eigenvalue weighted by Gasteiger charge is -2.16. The van der Waals surface area contributed by atoms with Gasteiger partial charge < -0.3 is 15.6 Å². The molecule has 1 atom stereocenters. The van der Waals surface area contributed by atoms with Crippen molar-refractivity contribution >= 4 is 34.2 Å². The first-order valence-electron chi connectivity index (χ1n) is 10.5. The number of aromatic nitrogens is 4. The molecule has 3 N–H and O–H groups in total. The molecule has 5 rings (SSSR count). The maximum Gasteiger partial charge on any atom is 0.294 e. The maximum atomic E-state index is 13.4. The van der Waals surface area contributed by atoms with Crippen LogP contribution >= 0.6 is 11.6 Å². The van der Waals surface area contributed by atoms with Crippen LogP contribution in [0, 0.1) is 5.82 Å². The second-order valence-corrected chi connectivity index (χ2v) is 8.24. The summed E-state index contributed by atoms with van der Waals surface area (Å²) in [5.41, 5.74) is 2.53. The largest absolute Gasteiger partial charge is 0.361 e. The van der Waals surface area contributed by atoms with Crippen LogP contribution in [-0.4, -0.2) is 25.4 Å². The van der Waals surface area contributed by atoms with Gasteiger partial charge in [-0.15, -0.1) is 0 Å². The third-order valence-corrected chi connectivity index (χ3v) is 6.01. The van der Waals surface area contributed by atoms with Crippen LogP contribution in [0.3, 0.4) is 0 Å². The molecule has 0 radical (unpaired) electrons. The fourth-order valence-corrected chi connectivity index (χ4v) is 4.40. The Labute approximate surface area is 192 Å². The number of carbonyl (C=O) groups excluding carboxylic acids is 1. The average molecular weight is 467 g/mol. The number of pyridine rings is 1. The van der Waals surface area contributed by atoms with Crippen molar-refractivity contribution in [2.24, 2.45) is 0 Å². The van der Waals surface area contributed by atoms with Crippen LogP contribution in [0.2, 0.25) is 5.15 Å². The number of rotatable bonds is 6. The summed E-state index contributed by atoms with van der Waals surface area (Å²) >= 11 is 6.33. The van der Waals surface area contributed by atoms with Gasteiger partial charge in [0.15, 0.2) is 11.0 Å². The molecule has 0 saturated heterocycles. The van der Waals surface area contributed by atoms with Crippen LogP contribution in [0.5, 0.6) is 0 Å². The molecule has 168 valence electrons. The lowest BCUT2D eigenvalue weighted by Crippen LogP contribution is -2.36. The van der Waals surface area contributed by atoms with E-state index in [1.54, 1.807) is 24.5 Å². The summed E-state index contributed by atoms with van der Waals surface area (Å²) in [5.74, 6) is -0.615. The highest BCUT2D eigenvalue weighted by Crippen LogP contribution is 2.29. The summed E-state index contributed by atoms with van der Waals surface area (Å²) in [5, 5.41) is 6.95. The van der Waals surface area contributed by atoms with E-state index in [1.165, 1.54) is 16.7 Å². The molecular weight excluding hydrogens is 447 g/mol. The van der Waals surface area contributed by atoms with Gasteiger partial charge in [-0.1, -0.05) is 23.7 Å². The second kappa shape index (κ2) is 8.67. The standard InChI is InChI=1S/C23H20ClFN6O2/c24-20-18-4-5-19(22(32)28-12-16-9-14-11-26-7-6-17(14)29-16)31(18)23(33)21(30-20)27-10-13-2-1-3-15(25)8-13/h1-3,6-9,11,19,29H,4-5,10,12H2,(H,27,30)(H,28,32)/t19-/m0/s1. The predicted molar refractivity (Wildman–Crippen MR) is 123 cm³/mol. The number of halogens is 2. The van der Waals surface area contributed by atoms with Gasteiger partial charge in [-0.2, -0.15) is 0 Å². The molecule has 4 aromatic rings. The summed E-state index contributed by atoms with van der Waals surface area (Å²) in [6.07, 6.45) is 4.37. The molecule has 3 aromatic heterocycles. The van der Waals surface area contributed by atoms with Crippen molar-refractivity contribution in [3.8, 4) is 0 Å². The van der Waals surface area contributed by atoms with Crippen molar-refractivity contribution in [1.82, 2.24) is 24.8 Å². The first-order chi connectivity index (χ1) is 16.0. The van der Waals surface area contributed by atoms with E-state index in [0.717, 1.165) is 16.6 Å². The lowest BCUT2D eigenvalue weighted by atomic mass is 10.2. The van der Waals surface area contributed by atoms with E-state index in [0.29, 0.717) is 24.1 Å². The minimum absolute atomic E-state index is 0.0239. The van der Waals surface area contributed by atoms with Crippen LogP contribution in [-0.2, 0) is 24.3 Å². The molecule has 1 amide bonds. The Kier molecular flexibility index (Phi) is 5.55. The molecule has 10 heteroatoms. The molecule has 8 nitrogen and oxygen atoms in total. The monoisotopic (exact) mass is 466 g/mol. The van der Waals surface area contributed by atoms with Gasteiger partial charge in [-0.3, -0.25) is 19.1 Å². The van der Waals surface area contributed by atoms with Gasteiger partial charge in [-0.05, 0) is 42.7 Å². The van der Waals surface area contributed by atoms with Gasteiger partial charge in [-0.25, -0.2) is 9.37 Å². The zero-order valence-electron chi connectivity index (χ0n) is 17.4. The first-order valence-corrected chi connectivity index (χ1v) is 10.9.